The summed E-state index contributed by atoms with van der Waals surface area (Å²) in [5.74, 6) is 0. The van der Waals surface area contributed by atoms with Gasteiger partial charge in [-0.2, -0.15) is 0 Å². The van der Waals surface area contributed by atoms with Crippen LogP contribution in [0.3, 0.4) is 0 Å². The van der Waals surface area contributed by atoms with Gasteiger partial charge < -0.3 is 0 Å². The summed E-state index contributed by atoms with van der Waals surface area (Å²) in [5.41, 5.74) is 3.96. The van der Waals surface area contributed by atoms with Crippen LogP contribution >= 0.6 is 0 Å². The molecule has 0 radical (unpaired) electrons. The first-order valence-corrected chi connectivity index (χ1v) is 10.3. The molecule has 0 atom stereocenters. The zero-order chi connectivity index (χ0) is 18.2. The van der Waals surface area contributed by atoms with Crippen LogP contribution in [0.2, 0.25) is 0 Å². The minimum atomic E-state index is -0.0393. The second kappa shape index (κ2) is 9.48. The molecule has 130 valence electrons. The van der Waals surface area contributed by atoms with E-state index in [4.69, 9.17) is 0 Å². The van der Waals surface area contributed by atoms with Crippen LogP contribution in [0.25, 0.3) is 0 Å². The molecule has 0 amide bonds. The lowest BCUT2D eigenvalue weighted by Crippen LogP contribution is -2.06. The van der Waals surface area contributed by atoms with Crippen molar-refractivity contribution < 1.29 is 0 Å². The molecule has 1 heteroatoms. The Morgan fingerprint density at radius 3 is 1.60 bits per heavy atom. The highest BCUT2D eigenvalue weighted by Gasteiger charge is 2.29. The normalized spacial score (nSPS) is 13.5. The summed E-state index contributed by atoms with van der Waals surface area (Å²) >= 11 is 0. The fraction of sp³-hybridized carbons (Fsp3) is 0.250. The van der Waals surface area contributed by atoms with Gasteiger partial charge in [-0.15, -0.1) is 0 Å². The Hall–Kier alpha value is -1.99. The maximum atomic E-state index is 2.37. The average Bonchev–Trinajstić information content (AvgIpc) is 2.85. The fourth-order valence-corrected chi connectivity index (χ4v) is 4.72. The van der Waals surface area contributed by atoms with Crippen molar-refractivity contribution in [3.8, 4) is 0 Å². The minimum absolute atomic E-state index is 0.0393. The van der Waals surface area contributed by atoms with Gasteiger partial charge in [0.1, 0.15) is 0 Å². The molecule has 0 bridgehead atoms. The Bertz CT molecular complexity index is 713. The molecular formula is C24H29S+. The van der Waals surface area contributed by atoms with Crippen LogP contribution in [0, 0.1) is 13.8 Å². The predicted octanol–water partition coefficient (Wildman–Crippen LogP) is 7.16. The van der Waals surface area contributed by atoms with Gasteiger partial charge in [0.05, 0.1) is 10.9 Å². The molecule has 0 aliphatic heterocycles. The SMILES string of the molecule is CC.CC1=CCC=C([S+](c2ccc(C)cc2)c2ccc(C)cc2)C=C1. The lowest BCUT2D eigenvalue weighted by molar-refractivity contribution is 1.31. The Morgan fingerprint density at radius 2 is 1.12 bits per heavy atom. The minimum Gasteiger partial charge on any atom is -0.0776 e. The van der Waals surface area contributed by atoms with Crippen molar-refractivity contribution in [1.82, 2.24) is 0 Å². The van der Waals surface area contributed by atoms with Gasteiger partial charge in [0.25, 0.3) is 0 Å². The van der Waals surface area contributed by atoms with Gasteiger partial charge in [-0.25, -0.2) is 0 Å². The number of hydrogen-bond acceptors (Lipinski definition) is 0. The van der Waals surface area contributed by atoms with E-state index in [1.54, 1.807) is 0 Å². The second-order valence-corrected chi connectivity index (χ2v) is 8.08. The van der Waals surface area contributed by atoms with E-state index in [2.05, 4.69) is 93.6 Å². The zero-order valence-corrected chi connectivity index (χ0v) is 16.9. The molecule has 2 aromatic carbocycles. The van der Waals surface area contributed by atoms with Crippen molar-refractivity contribution in [2.24, 2.45) is 0 Å². The van der Waals surface area contributed by atoms with Crippen LogP contribution in [0.4, 0.5) is 0 Å². The molecule has 0 aromatic heterocycles. The van der Waals surface area contributed by atoms with E-state index in [1.165, 1.54) is 31.4 Å². The van der Waals surface area contributed by atoms with E-state index in [0.29, 0.717) is 0 Å². The zero-order valence-electron chi connectivity index (χ0n) is 16.0. The van der Waals surface area contributed by atoms with Gasteiger partial charge >= 0.3 is 0 Å². The molecule has 0 saturated carbocycles. The van der Waals surface area contributed by atoms with Crippen molar-refractivity contribution in [2.45, 2.75) is 50.8 Å². The maximum Gasteiger partial charge on any atom is 0.166 e. The summed E-state index contributed by atoms with van der Waals surface area (Å²) in [4.78, 5) is 4.18. The lowest BCUT2D eigenvalue weighted by Gasteiger charge is -2.09. The highest BCUT2D eigenvalue weighted by Crippen LogP contribution is 2.32. The Morgan fingerprint density at radius 1 is 0.640 bits per heavy atom. The molecule has 3 rings (SSSR count). The van der Waals surface area contributed by atoms with Crippen LogP contribution in [-0.4, -0.2) is 0 Å². The number of allylic oxidation sites excluding steroid dienone is 5. The second-order valence-electron chi connectivity index (χ2n) is 6.06. The molecule has 25 heavy (non-hydrogen) atoms. The van der Waals surface area contributed by atoms with Gasteiger partial charge in [-0.1, -0.05) is 67.0 Å². The molecule has 1 aliphatic carbocycles. The molecule has 0 fully saturated rings. The maximum absolute atomic E-state index is 2.37. The summed E-state index contributed by atoms with van der Waals surface area (Å²) in [6.07, 6.45) is 10.2. The third kappa shape index (κ3) is 5.24. The number of rotatable bonds is 3. The predicted molar refractivity (Wildman–Crippen MR) is 113 cm³/mol. The molecular weight excluding hydrogens is 320 g/mol. The van der Waals surface area contributed by atoms with E-state index in [1.807, 2.05) is 13.8 Å². The first-order valence-electron chi connectivity index (χ1n) is 9.06. The third-order valence-electron chi connectivity index (χ3n) is 4.02. The van der Waals surface area contributed by atoms with Crippen molar-refractivity contribution >= 4 is 10.9 Å². The molecule has 0 saturated heterocycles. The summed E-state index contributed by atoms with van der Waals surface area (Å²) in [6, 6.07) is 18.0. The monoisotopic (exact) mass is 349 g/mol. The van der Waals surface area contributed by atoms with E-state index in [0.717, 1.165) is 6.42 Å². The van der Waals surface area contributed by atoms with Gasteiger partial charge in [0.2, 0.25) is 0 Å². The third-order valence-corrected chi connectivity index (χ3v) is 6.28. The van der Waals surface area contributed by atoms with Crippen LogP contribution in [0.1, 0.15) is 38.3 Å². The number of hydrogen-bond donors (Lipinski definition) is 0. The molecule has 0 spiro atoms. The molecule has 1 aliphatic rings. The van der Waals surface area contributed by atoms with Crippen molar-refractivity contribution in [1.29, 1.82) is 0 Å². The van der Waals surface area contributed by atoms with Gasteiger partial charge in [-0.05, 0) is 63.6 Å². The Balaban J connectivity index is 0.00000109. The summed E-state index contributed by atoms with van der Waals surface area (Å²) in [5, 5.41) is 0. The number of aryl methyl sites for hydroxylation is 2. The highest BCUT2D eigenvalue weighted by molar-refractivity contribution is 8.00. The molecule has 0 unspecified atom stereocenters. The van der Waals surface area contributed by atoms with E-state index >= 15 is 0 Å². The standard InChI is InChI=1S/C22H23S.C2H6/c1-17-5-4-6-20(12-7-17)23(21-13-8-18(2)9-14-21)22-15-10-19(3)11-16-22;1-2/h5-16H,4H2,1-3H3;1-2H3/q+1;. The van der Waals surface area contributed by atoms with Crippen LogP contribution in [-0.2, 0) is 10.9 Å². The molecule has 0 heterocycles. The van der Waals surface area contributed by atoms with Gasteiger partial charge in [0.15, 0.2) is 14.7 Å². The highest BCUT2D eigenvalue weighted by atomic mass is 32.2. The summed E-state index contributed by atoms with van der Waals surface area (Å²) in [7, 11) is -0.0393. The van der Waals surface area contributed by atoms with Crippen LogP contribution in [0.5, 0.6) is 0 Å². The van der Waals surface area contributed by atoms with Gasteiger partial charge in [-0.3, -0.25) is 0 Å². The van der Waals surface area contributed by atoms with E-state index in [-0.39, 0.29) is 10.9 Å². The fourth-order valence-electron chi connectivity index (χ4n) is 2.62. The van der Waals surface area contributed by atoms with Gasteiger partial charge in [0, 0.05) is 0 Å². The number of benzene rings is 2. The first-order chi connectivity index (χ1) is 12.1. The average molecular weight is 350 g/mol. The quantitative estimate of drug-likeness (QED) is 0.516. The van der Waals surface area contributed by atoms with Crippen molar-refractivity contribution in [3.63, 3.8) is 0 Å². The topological polar surface area (TPSA) is 0 Å². The largest absolute Gasteiger partial charge is 0.166 e. The van der Waals surface area contributed by atoms with E-state index < -0.39 is 0 Å². The van der Waals surface area contributed by atoms with Crippen molar-refractivity contribution in [2.75, 3.05) is 0 Å². The van der Waals surface area contributed by atoms with E-state index in [9.17, 15) is 0 Å². The lowest BCUT2D eigenvalue weighted by atomic mass is 10.2. The molecule has 0 nitrogen and oxygen atoms in total. The van der Waals surface area contributed by atoms with Crippen LogP contribution < -0.4 is 0 Å². The summed E-state index contributed by atoms with van der Waals surface area (Å²) < 4.78 is 0. The van der Waals surface area contributed by atoms with Crippen molar-refractivity contribution in [3.05, 3.63) is 94.4 Å². The molecule has 0 N–H and O–H groups in total. The first kappa shape index (κ1) is 19.3. The summed E-state index contributed by atoms with van der Waals surface area (Å²) in [6.45, 7) is 10.5. The van der Waals surface area contributed by atoms with Crippen LogP contribution in [0.15, 0.2) is 93.1 Å². The Kier molecular flexibility index (Phi) is 7.33. The molecule has 2 aromatic rings. The Labute approximate surface area is 156 Å². The smallest absolute Gasteiger partial charge is 0.0776 e.